The number of esters is 2. The Morgan fingerprint density at radius 1 is 0.678 bits per heavy atom. The molecule has 0 radical (unpaired) electrons. The number of benzene rings is 4. The number of hydrogen-bond donors (Lipinski definition) is 1. The molecule has 10 nitrogen and oxygen atoms in total. The van der Waals surface area contributed by atoms with Crippen molar-refractivity contribution in [3.05, 3.63) is 142 Å². The highest BCUT2D eigenvalue weighted by Gasteiger charge is 2.33. The van der Waals surface area contributed by atoms with Gasteiger partial charge in [-0.15, -0.1) is 0 Å². The maximum absolute atomic E-state index is 13.2. The Morgan fingerprint density at radius 3 is 1.71 bits per heavy atom. The number of nitrogens with one attached hydrogen (secondary N) is 1. The molecular formula is C49H58N2O8. The summed E-state index contributed by atoms with van der Waals surface area (Å²) in [5.74, 6) is 0.986. The predicted molar refractivity (Wildman–Crippen MR) is 231 cm³/mol. The minimum atomic E-state index is -0.570. The third kappa shape index (κ3) is 13.1. The van der Waals surface area contributed by atoms with Crippen LogP contribution in [-0.4, -0.2) is 70.1 Å². The van der Waals surface area contributed by atoms with Crippen LogP contribution in [0, 0.1) is 0 Å². The molecule has 2 atom stereocenters. The van der Waals surface area contributed by atoms with Crippen molar-refractivity contribution in [2.75, 3.05) is 41.5 Å². The molecule has 6 rings (SSSR count). The standard InChI is InChI=1S/C27H33NO5.C22H25NO3/c1-27(2,3)33-26(30)28(17-16-19-6-11-22(31-4)12-7-19)24-14-10-21-18-20(8-13-23(21)24)9-15-25(29)32-5;1-25-19-8-3-16(4-9-19)13-14-23-21-11-7-18-15-17(5-10-20(18)21)6-12-22(24)26-2/h6-9,11-13,15,18,24H,10,14,16-17H2,1-5H3;3-6,8-10,12,15,21,23H,7,11,13-14H2,1-2H3/b15-9+;12-6+. The van der Waals surface area contributed by atoms with Crippen molar-refractivity contribution < 1.29 is 38.1 Å². The Morgan fingerprint density at radius 2 is 1.19 bits per heavy atom. The molecule has 10 heteroatoms. The van der Waals surface area contributed by atoms with Crippen LogP contribution >= 0.6 is 0 Å². The van der Waals surface area contributed by atoms with Gasteiger partial charge in [-0.3, -0.25) is 0 Å². The van der Waals surface area contributed by atoms with Crippen LogP contribution in [0.4, 0.5) is 4.79 Å². The summed E-state index contributed by atoms with van der Waals surface area (Å²) in [6.07, 6.45) is 11.7. The Balaban J connectivity index is 0.000000230. The number of carbonyl (C=O) groups is 3. The van der Waals surface area contributed by atoms with Crippen LogP contribution in [0.1, 0.15) is 90.2 Å². The van der Waals surface area contributed by atoms with E-state index in [1.807, 2.05) is 68.1 Å². The number of aryl methyl sites for hydroxylation is 2. The van der Waals surface area contributed by atoms with Crippen LogP contribution < -0.4 is 14.8 Å². The molecule has 0 aliphatic heterocycles. The van der Waals surface area contributed by atoms with Crippen LogP contribution in [0.15, 0.2) is 97.1 Å². The molecule has 4 aromatic carbocycles. The highest BCUT2D eigenvalue weighted by molar-refractivity contribution is 5.87. The second kappa shape index (κ2) is 21.2. The smallest absolute Gasteiger partial charge is 0.410 e. The molecule has 4 aromatic rings. The summed E-state index contributed by atoms with van der Waals surface area (Å²) in [5.41, 5.74) is 8.88. The van der Waals surface area contributed by atoms with E-state index in [9.17, 15) is 14.4 Å². The Kier molecular flexibility index (Phi) is 15.9. The number of carbonyl (C=O) groups excluding carboxylic acids is 3. The fourth-order valence-corrected chi connectivity index (χ4v) is 7.38. The van der Waals surface area contributed by atoms with Gasteiger partial charge in [-0.1, -0.05) is 60.7 Å². The Labute approximate surface area is 349 Å². The van der Waals surface area contributed by atoms with Crippen molar-refractivity contribution in [1.82, 2.24) is 10.2 Å². The number of nitrogens with zero attached hydrogens (tertiary/aromatic N) is 1. The number of rotatable bonds is 14. The molecule has 2 aliphatic rings. The first kappa shape index (κ1) is 44.2. The molecule has 312 valence electrons. The van der Waals surface area contributed by atoms with Crippen LogP contribution in [0.5, 0.6) is 11.5 Å². The number of methoxy groups -OCH3 is 4. The van der Waals surface area contributed by atoms with Crippen molar-refractivity contribution in [3.63, 3.8) is 0 Å². The lowest BCUT2D eigenvalue weighted by Crippen LogP contribution is -2.40. The SMILES string of the molecule is COC(=O)/C=C/c1ccc2c(c1)CCC2N(CCc1ccc(OC)cc1)C(=O)OC(C)(C)C.COC(=O)/C=C/c1ccc2c(c1)CCC2NCCc1ccc(OC)cc1. The number of ether oxygens (including phenoxy) is 5. The van der Waals surface area contributed by atoms with E-state index < -0.39 is 5.60 Å². The van der Waals surface area contributed by atoms with Gasteiger partial charge in [0.1, 0.15) is 17.1 Å². The third-order valence-electron chi connectivity index (χ3n) is 10.5. The second-order valence-corrected chi connectivity index (χ2v) is 15.6. The minimum absolute atomic E-state index is 0.0493. The first-order chi connectivity index (χ1) is 28.4. The predicted octanol–water partition coefficient (Wildman–Crippen LogP) is 9.05. The topological polar surface area (TPSA) is 113 Å². The lowest BCUT2D eigenvalue weighted by molar-refractivity contribution is -0.135. The molecule has 1 N–H and O–H groups in total. The maximum Gasteiger partial charge on any atom is 0.410 e. The average molecular weight is 803 g/mol. The van der Waals surface area contributed by atoms with Crippen LogP contribution in [0.25, 0.3) is 12.2 Å². The van der Waals surface area contributed by atoms with E-state index >= 15 is 0 Å². The molecule has 0 saturated heterocycles. The normalized spacial score (nSPS) is 15.5. The van der Waals surface area contributed by atoms with Crippen molar-refractivity contribution in [3.8, 4) is 11.5 Å². The zero-order valence-electron chi connectivity index (χ0n) is 35.4. The summed E-state index contributed by atoms with van der Waals surface area (Å²) in [4.78, 5) is 37.6. The number of fused-ring (bicyclic) bond motifs is 2. The Bertz CT molecular complexity index is 2080. The molecule has 0 spiro atoms. The van der Waals surface area contributed by atoms with Gasteiger partial charge in [0.2, 0.25) is 0 Å². The molecule has 1 amide bonds. The molecule has 2 aliphatic carbocycles. The molecular weight excluding hydrogens is 745 g/mol. The summed E-state index contributed by atoms with van der Waals surface area (Å²) >= 11 is 0. The molecule has 2 unspecified atom stereocenters. The summed E-state index contributed by atoms with van der Waals surface area (Å²) < 4.78 is 25.5. The van der Waals surface area contributed by atoms with Crippen molar-refractivity contribution >= 4 is 30.2 Å². The molecule has 0 aromatic heterocycles. The highest BCUT2D eigenvalue weighted by atomic mass is 16.6. The van der Waals surface area contributed by atoms with Gasteiger partial charge >= 0.3 is 18.0 Å². The largest absolute Gasteiger partial charge is 0.497 e. The lowest BCUT2D eigenvalue weighted by Gasteiger charge is -2.32. The van der Waals surface area contributed by atoms with Gasteiger partial charge in [0.25, 0.3) is 0 Å². The fraction of sp³-hybridized carbons (Fsp3) is 0.367. The first-order valence-corrected chi connectivity index (χ1v) is 20.2. The van der Waals surface area contributed by atoms with E-state index in [-0.39, 0.29) is 24.1 Å². The lowest BCUT2D eigenvalue weighted by atomic mass is 10.0. The molecule has 0 fully saturated rings. The van der Waals surface area contributed by atoms with E-state index in [1.165, 1.54) is 48.6 Å². The second-order valence-electron chi connectivity index (χ2n) is 15.6. The van der Waals surface area contributed by atoms with E-state index in [2.05, 4.69) is 57.3 Å². The summed E-state index contributed by atoms with van der Waals surface area (Å²) in [6.45, 7) is 7.15. The van der Waals surface area contributed by atoms with Gasteiger partial charge in [0.05, 0.1) is 34.5 Å². The quantitative estimate of drug-likeness (QED) is 0.0759. The van der Waals surface area contributed by atoms with Gasteiger partial charge in [-0.2, -0.15) is 0 Å². The van der Waals surface area contributed by atoms with Crippen molar-refractivity contribution in [1.29, 1.82) is 0 Å². The van der Waals surface area contributed by atoms with Gasteiger partial charge in [-0.05, 0) is 147 Å². The third-order valence-corrected chi connectivity index (χ3v) is 10.5. The fourth-order valence-electron chi connectivity index (χ4n) is 7.38. The van der Waals surface area contributed by atoms with Crippen molar-refractivity contribution in [2.24, 2.45) is 0 Å². The maximum atomic E-state index is 13.2. The molecule has 0 bridgehead atoms. The van der Waals surface area contributed by atoms with Crippen LogP contribution in [0.2, 0.25) is 0 Å². The van der Waals surface area contributed by atoms with Crippen molar-refractivity contribution in [2.45, 2.75) is 77.0 Å². The van der Waals surface area contributed by atoms with E-state index in [0.29, 0.717) is 12.6 Å². The summed E-state index contributed by atoms with van der Waals surface area (Å²) in [6, 6.07) is 29.0. The highest BCUT2D eigenvalue weighted by Crippen LogP contribution is 2.38. The zero-order valence-corrected chi connectivity index (χ0v) is 35.4. The van der Waals surface area contributed by atoms with Gasteiger partial charge in [-0.25, -0.2) is 14.4 Å². The first-order valence-electron chi connectivity index (χ1n) is 20.2. The molecule has 59 heavy (non-hydrogen) atoms. The van der Waals surface area contributed by atoms with Gasteiger partial charge < -0.3 is 33.9 Å². The summed E-state index contributed by atoms with van der Waals surface area (Å²) in [7, 11) is 6.08. The number of amides is 1. The molecule has 0 saturated carbocycles. The van der Waals surface area contributed by atoms with Crippen LogP contribution in [-0.2, 0) is 49.5 Å². The monoisotopic (exact) mass is 802 g/mol. The molecule has 0 heterocycles. The Hall–Kier alpha value is -5.87. The summed E-state index contributed by atoms with van der Waals surface area (Å²) in [5, 5.41) is 3.67. The van der Waals surface area contributed by atoms with E-state index in [0.717, 1.165) is 78.8 Å². The van der Waals surface area contributed by atoms with Gasteiger partial charge in [0, 0.05) is 24.7 Å². The zero-order chi connectivity index (χ0) is 42.4. The minimum Gasteiger partial charge on any atom is -0.497 e. The van der Waals surface area contributed by atoms with E-state index in [4.69, 9.17) is 14.2 Å². The van der Waals surface area contributed by atoms with Crippen LogP contribution in [0.3, 0.4) is 0 Å². The van der Waals surface area contributed by atoms with E-state index in [1.54, 1.807) is 26.4 Å². The number of hydrogen-bond acceptors (Lipinski definition) is 9. The average Bonchev–Trinajstić information content (AvgIpc) is 3.85. The van der Waals surface area contributed by atoms with Gasteiger partial charge in [0.15, 0.2) is 0 Å².